The molecule has 2 fully saturated rings. The van der Waals surface area contributed by atoms with E-state index in [-0.39, 0.29) is 46.6 Å². The average molecular weight is 1330 g/mol. The molecule has 6 aromatic carbocycles. The molecule has 0 spiro atoms. The molecule has 504 valence electrons. The number of imide groups is 4. The number of aryl methyl sites for hydroxylation is 2. The van der Waals surface area contributed by atoms with Gasteiger partial charge >= 0.3 is 24.7 Å². The van der Waals surface area contributed by atoms with Crippen molar-refractivity contribution < 1.29 is 91.0 Å². The van der Waals surface area contributed by atoms with Gasteiger partial charge in [0.15, 0.2) is 0 Å². The van der Waals surface area contributed by atoms with Gasteiger partial charge in [0.1, 0.15) is 0 Å². The number of benzene rings is 6. The molecular formula is C71H68F12N4O8. The molecule has 12 nitrogen and oxygen atoms in total. The predicted octanol–water partition coefficient (Wildman–Crippen LogP) is 17.5. The maximum Gasteiger partial charge on any atom is 0.411 e. The van der Waals surface area contributed by atoms with Gasteiger partial charge in [-0.25, -0.2) is 9.80 Å². The summed E-state index contributed by atoms with van der Waals surface area (Å²) in [5.41, 5.74) is -19.6. The van der Waals surface area contributed by atoms with E-state index in [0.717, 1.165) is 50.1 Å². The molecule has 0 N–H and O–H groups in total. The lowest BCUT2D eigenvalue weighted by Crippen LogP contribution is -2.55. The lowest BCUT2D eigenvalue weighted by molar-refractivity contribution is -0.290. The Bertz CT molecular complexity index is 4160. The Labute approximate surface area is 540 Å². The minimum Gasteiger partial charge on any atom is -0.277 e. The van der Waals surface area contributed by atoms with Crippen LogP contribution in [0.15, 0.2) is 109 Å². The molecule has 0 aromatic heterocycles. The number of carbonyl (C=O) groups is 8. The van der Waals surface area contributed by atoms with Crippen molar-refractivity contribution in [2.24, 2.45) is 17.8 Å². The predicted molar refractivity (Wildman–Crippen MR) is 331 cm³/mol. The fourth-order valence-corrected chi connectivity index (χ4v) is 14.7. The minimum absolute atomic E-state index is 0. The van der Waals surface area contributed by atoms with Gasteiger partial charge in [-0.1, -0.05) is 98.7 Å². The largest absolute Gasteiger partial charge is 0.411 e. The molecule has 4 aliphatic heterocycles. The normalized spacial score (nSPS) is 19.9. The number of alkyl halides is 12. The zero-order valence-electron chi connectivity index (χ0n) is 48.7. The summed E-state index contributed by atoms with van der Waals surface area (Å²) >= 11 is 0. The number of fused-ring (bicyclic) bond motifs is 4. The number of carbonyl (C=O) groups excluding carboxylic acids is 8. The van der Waals surface area contributed by atoms with E-state index in [0.29, 0.717) is 147 Å². The SMILES string of the molecule is C.C.C.C.Cc1cc(N2C(=O)c3ccc(C(c4ccc5c(c4)C(=O)N(C)C5=O)(C(F)(F)F)C(F)(F)F)cc3C2=O)ccc1-c1ccc(N2C(=O)c3ccc(C(c4ccc5c(c4)C(=O)N(C4CCC(CC6CCC(C)CC6)CC4)C5=O)(C(F)(F)F)C(F)(F)F)cc3C2=O)cc1C. The summed E-state index contributed by atoms with van der Waals surface area (Å²) in [7, 11) is 0.993. The van der Waals surface area contributed by atoms with Crippen molar-refractivity contribution in [3.63, 3.8) is 0 Å². The van der Waals surface area contributed by atoms with E-state index in [1.165, 1.54) is 50.2 Å². The van der Waals surface area contributed by atoms with Crippen LogP contribution < -0.4 is 9.80 Å². The standard InChI is InChI=1S/C67H52F12N4O8.4CH4/c1-32-5-7-35(8-6-32)27-36-9-15-41(16-10-36)81-56(86)47-20-12-38(29-51(47)59(81)89)63(66(74,75)76,67(77,78)79)40-14-22-49-53(31-40)61(91)83(58(49)88)43-18-24-45(34(3)26-43)44-23-17-42(25-33(44)2)82-57(87)48-21-13-39(30-52(48)60(82)90)62(64(68,69)70,65(71,72)73)37-11-19-46-50(28-37)55(85)80(4)54(46)84;;;;/h11-14,17-26,28-32,35-36,41H,5-10,15-16,27H2,1-4H3;4*1H4. The summed E-state index contributed by atoms with van der Waals surface area (Å²) in [6.45, 7) is 5.26. The topological polar surface area (TPSA) is 150 Å². The van der Waals surface area contributed by atoms with Crippen molar-refractivity contribution in [1.29, 1.82) is 0 Å². The van der Waals surface area contributed by atoms with Gasteiger partial charge in [0, 0.05) is 13.1 Å². The highest BCUT2D eigenvalue weighted by molar-refractivity contribution is 6.35. The fraction of sp³-hybridized carbons (Fsp3) is 0.380. The zero-order chi connectivity index (χ0) is 65.7. The Kier molecular flexibility index (Phi) is 18.7. The summed E-state index contributed by atoms with van der Waals surface area (Å²) in [4.78, 5) is 112. The molecule has 0 saturated heterocycles. The van der Waals surface area contributed by atoms with Crippen molar-refractivity contribution in [3.8, 4) is 11.1 Å². The maximum atomic E-state index is 15.7. The Hall–Kier alpha value is -8.96. The van der Waals surface area contributed by atoms with Gasteiger partial charge in [-0.3, -0.25) is 48.2 Å². The molecule has 0 unspecified atom stereocenters. The van der Waals surface area contributed by atoms with Crippen LogP contribution in [-0.4, -0.2) is 94.9 Å². The second kappa shape index (κ2) is 24.7. The van der Waals surface area contributed by atoms with Gasteiger partial charge in [0.2, 0.25) is 10.8 Å². The van der Waals surface area contributed by atoms with E-state index in [2.05, 4.69) is 6.92 Å². The average Bonchev–Trinajstić information content (AvgIpc) is 1.62. The number of amides is 8. The number of hydrogen-bond acceptors (Lipinski definition) is 8. The second-order valence-corrected chi connectivity index (χ2v) is 24.6. The molecule has 95 heavy (non-hydrogen) atoms. The van der Waals surface area contributed by atoms with Crippen LogP contribution in [0.4, 0.5) is 64.1 Å². The maximum absolute atomic E-state index is 15.7. The highest BCUT2D eigenvalue weighted by Gasteiger charge is 2.74. The molecule has 6 aromatic rings. The molecule has 4 heterocycles. The van der Waals surface area contributed by atoms with Crippen molar-refractivity contribution in [3.05, 3.63) is 187 Å². The third-order valence-corrected chi connectivity index (χ3v) is 19.4. The van der Waals surface area contributed by atoms with Crippen LogP contribution in [0.2, 0.25) is 0 Å². The fourth-order valence-electron chi connectivity index (χ4n) is 14.7. The van der Waals surface area contributed by atoms with Crippen LogP contribution in [0.3, 0.4) is 0 Å². The number of anilines is 2. The number of nitrogens with zero attached hydrogens (tertiary/aromatic N) is 4. The summed E-state index contributed by atoms with van der Waals surface area (Å²) in [5, 5.41) is 0. The zero-order valence-corrected chi connectivity index (χ0v) is 48.7. The van der Waals surface area contributed by atoms with Crippen LogP contribution in [0.1, 0.15) is 211 Å². The smallest absolute Gasteiger partial charge is 0.277 e. The van der Waals surface area contributed by atoms with Crippen LogP contribution in [0.25, 0.3) is 11.1 Å². The molecule has 12 rings (SSSR count). The van der Waals surface area contributed by atoms with Gasteiger partial charge < -0.3 is 0 Å². The second-order valence-electron chi connectivity index (χ2n) is 24.6. The molecule has 2 saturated carbocycles. The molecule has 0 bridgehead atoms. The minimum atomic E-state index is -6.21. The molecular weight excluding hydrogens is 1260 g/mol. The first-order chi connectivity index (χ1) is 42.6. The van der Waals surface area contributed by atoms with Gasteiger partial charge in [-0.05, 0) is 181 Å². The van der Waals surface area contributed by atoms with E-state index >= 15 is 52.7 Å². The van der Waals surface area contributed by atoms with Crippen molar-refractivity contribution >= 4 is 58.6 Å². The van der Waals surface area contributed by atoms with Crippen LogP contribution >= 0.6 is 0 Å². The highest BCUT2D eigenvalue weighted by Crippen LogP contribution is 2.59. The van der Waals surface area contributed by atoms with Crippen molar-refractivity contribution in [2.45, 2.75) is 150 Å². The van der Waals surface area contributed by atoms with E-state index in [1.807, 2.05) is 0 Å². The number of rotatable bonds is 10. The Morgan fingerprint density at radius 3 is 0.968 bits per heavy atom. The summed E-state index contributed by atoms with van der Waals surface area (Å²) in [5.74, 6) is -7.18. The van der Waals surface area contributed by atoms with E-state index in [9.17, 15) is 38.4 Å². The highest BCUT2D eigenvalue weighted by atomic mass is 19.4. The number of hydrogen-bond donors (Lipinski definition) is 0. The number of halogens is 12. The van der Waals surface area contributed by atoms with Gasteiger partial charge in [-0.15, -0.1) is 0 Å². The first-order valence-corrected chi connectivity index (χ1v) is 29.2. The summed E-state index contributed by atoms with van der Waals surface area (Å²) in [6, 6.07) is 13.2. The van der Waals surface area contributed by atoms with E-state index < -0.39 is 150 Å². The van der Waals surface area contributed by atoms with Gasteiger partial charge in [0.05, 0.1) is 55.9 Å². The van der Waals surface area contributed by atoms with Crippen molar-refractivity contribution in [1.82, 2.24) is 9.80 Å². The third kappa shape index (κ3) is 10.8. The van der Waals surface area contributed by atoms with Crippen LogP contribution in [-0.2, 0) is 10.8 Å². The molecule has 2 aliphatic carbocycles. The van der Waals surface area contributed by atoms with E-state index in [1.54, 1.807) is 0 Å². The van der Waals surface area contributed by atoms with Crippen LogP contribution in [0, 0.1) is 31.6 Å². The van der Waals surface area contributed by atoms with Gasteiger partial charge in [0.25, 0.3) is 47.3 Å². The quantitative estimate of drug-likeness (QED) is 0.0972. The molecule has 0 atom stereocenters. The van der Waals surface area contributed by atoms with Crippen LogP contribution in [0.5, 0.6) is 0 Å². The summed E-state index contributed by atoms with van der Waals surface area (Å²) < 4.78 is 186. The molecule has 6 aliphatic rings. The lowest BCUT2D eigenvalue weighted by Gasteiger charge is -2.38. The Morgan fingerprint density at radius 2 is 0.621 bits per heavy atom. The van der Waals surface area contributed by atoms with E-state index in [4.69, 9.17) is 0 Å². The molecule has 8 amide bonds. The first kappa shape index (κ1) is 71.9. The Balaban J connectivity index is 0.00000289. The van der Waals surface area contributed by atoms with Crippen molar-refractivity contribution in [2.75, 3.05) is 16.8 Å². The molecule has 0 radical (unpaired) electrons. The third-order valence-electron chi connectivity index (χ3n) is 19.4. The Morgan fingerprint density at radius 1 is 0.347 bits per heavy atom. The first-order valence-electron chi connectivity index (χ1n) is 29.2. The lowest BCUT2D eigenvalue weighted by atomic mass is 9.71. The molecule has 24 heteroatoms. The van der Waals surface area contributed by atoms with Gasteiger partial charge in [-0.2, -0.15) is 52.7 Å². The monoisotopic (exact) mass is 1330 g/mol. The summed E-state index contributed by atoms with van der Waals surface area (Å²) in [6.07, 6.45) is -17.0.